The molecule has 0 fully saturated rings. The maximum absolute atomic E-state index is 7.94. The van der Waals surface area contributed by atoms with Crippen LogP contribution in [0.25, 0.3) is 0 Å². The molecular weight excluding hydrogens is 339 g/mol. The zero-order valence-corrected chi connectivity index (χ0v) is 15.6. The van der Waals surface area contributed by atoms with E-state index in [4.69, 9.17) is 31.9 Å². The van der Waals surface area contributed by atoms with Crippen LogP contribution in [0.5, 0.6) is 0 Å². The molecule has 20 heavy (non-hydrogen) atoms. The summed E-state index contributed by atoms with van der Waals surface area (Å²) in [5.74, 6) is 0. The number of hydrogen-bond donors (Lipinski definition) is 6. The molecule has 0 aromatic carbocycles. The minimum Gasteiger partial charge on any atom is -0.428 e. The Hall–Kier alpha value is 0.643. The third-order valence-electron chi connectivity index (χ3n) is 0.167. The van der Waals surface area contributed by atoms with Gasteiger partial charge in [-0.1, -0.05) is 45.7 Å². The summed E-state index contributed by atoms with van der Waals surface area (Å²) >= 11 is 0. The molecule has 6 nitrogen and oxygen atoms in total. The normalized spacial score (nSPS) is 11.8. The van der Waals surface area contributed by atoms with Crippen molar-refractivity contribution < 1.29 is 46.6 Å². The maximum Gasteiger partial charge on any atom is 4.00 e. The Bertz CT molecular complexity index is 83.8. The van der Waals surface area contributed by atoms with Crippen LogP contribution in [0.2, 0.25) is 0 Å². The summed E-state index contributed by atoms with van der Waals surface area (Å²) in [5, 5.41) is 31.3. The van der Waals surface area contributed by atoms with Crippen molar-refractivity contribution in [2.45, 2.75) is 39.1 Å². The minimum atomic E-state index is -0.417. The molecule has 0 aromatic rings. The molecule has 8 N–H and O–H groups in total. The topological polar surface area (TPSA) is 133 Å². The van der Waals surface area contributed by atoms with E-state index in [0.29, 0.717) is 13.1 Å². The molecule has 0 bridgehead atoms. The molecule has 0 rings (SSSR count). The third-order valence-corrected chi connectivity index (χ3v) is 0.167. The third kappa shape index (κ3) is 2150. The van der Waals surface area contributed by atoms with Gasteiger partial charge in [-0.3, -0.25) is 0 Å². The molecule has 0 aliphatic carbocycles. The molecule has 0 saturated heterocycles. The van der Waals surface area contributed by atoms with Gasteiger partial charge in [0.2, 0.25) is 0 Å². The van der Waals surface area contributed by atoms with Gasteiger partial charge in [-0.05, 0) is 0 Å². The molecule has 124 valence electrons. The summed E-state index contributed by atoms with van der Waals surface area (Å²) in [4.78, 5) is 0. The molecule has 0 aromatic heterocycles. The van der Waals surface area contributed by atoms with Crippen LogP contribution >= 0.6 is 0 Å². The van der Waals surface area contributed by atoms with E-state index in [1.165, 1.54) is 0 Å². The van der Waals surface area contributed by atoms with Crippen LogP contribution in [-0.4, -0.2) is 58.4 Å². The average Bonchev–Trinajstić information content (AvgIpc) is 2.15. The van der Waals surface area contributed by atoms with Crippen molar-refractivity contribution in [1.29, 1.82) is 0 Å². The fraction of sp³-hybridized carbons (Fsp3) is 0.692. The summed E-state index contributed by atoms with van der Waals surface area (Å²) in [6, 6.07) is 0. The van der Waals surface area contributed by atoms with Crippen molar-refractivity contribution in [2.24, 2.45) is 11.5 Å². The Morgan fingerprint density at radius 1 is 0.800 bits per heavy atom. The Balaban J connectivity index is -0.0000000304. The zero-order chi connectivity index (χ0) is 16.9. The van der Waals surface area contributed by atoms with Crippen molar-refractivity contribution in [1.82, 2.24) is 0 Å². The maximum atomic E-state index is 7.94. The molecule has 0 spiro atoms. The van der Waals surface area contributed by atoms with Crippen LogP contribution in [0.15, 0.2) is 0 Å². The van der Waals surface area contributed by atoms with Gasteiger partial charge in [-0.2, -0.15) is 0 Å². The summed E-state index contributed by atoms with van der Waals surface area (Å²) in [5.41, 5.74) is 9.81. The van der Waals surface area contributed by atoms with Crippen LogP contribution in [-0.2, 0) is 26.2 Å². The molecule has 7 heteroatoms. The van der Waals surface area contributed by atoms with Gasteiger partial charge >= 0.3 is 26.2 Å². The van der Waals surface area contributed by atoms with Gasteiger partial charge in [-0.15, -0.1) is 0 Å². The Morgan fingerprint density at radius 3 is 0.850 bits per heavy atom. The fourth-order valence-corrected chi connectivity index (χ4v) is 0. The molecule has 3 unspecified atom stereocenters. The minimum absolute atomic E-state index is 0. The summed E-state index contributed by atoms with van der Waals surface area (Å²) in [6.07, 6.45) is -1.25. The first-order valence-electron chi connectivity index (χ1n) is 5.86. The Morgan fingerprint density at radius 2 is 0.850 bits per heavy atom. The number of hydrogen-bond acceptors (Lipinski definition) is 6. The molecule has 0 aliphatic rings. The van der Waals surface area contributed by atoms with Crippen molar-refractivity contribution >= 4 is 0 Å². The van der Waals surface area contributed by atoms with Crippen LogP contribution in [0.4, 0.5) is 0 Å². The van der Waals surface area contributed by atoms with Gasteiger partial charge in [0.05, 0.1) is 0 Å². The van der Waals surface area contributed by atoms with E-state index in [-0.39, 0.29) is 32.8 Å². The van der Waals surface area contributed by atoms with E-state index in [1.54, 1.807) is 20.8 Å². The van der Waals surface area contributed by atoms with E-state index in [1.807, 2.05) is 0 Å². The van der Waals surface area contributed by atoms with E-state index < -0.39 is 18.3 Å². The van der Waals surface area contributed by atoms with Crippen LogP contribution < -0.4 is 11.5 Å². The quantitative estimate of drug-likeness (QED) is 0.337. The molecular formula is C13H34N2O4Zr. The van der Waals surface area contributed by atoms with Gasteiger partial charge in [0.25, 0.3) is 0 Å². The zero-order valence-electron chi connectivity index (χ0n) is 13.1. The van der Waals surface area contributed by atoms with Crippen molar-refractivity contribution in [2.75, 3.05) is 19.7 Å². The molecule has 0 aliphatic heterocycles. The second-order valence-electron chi connectivity index (χ2n) is 3.35. The van der Waals surface area contributed by atoms with E-state index in [9.17, 15) is 0 Å². The SMILES string of the molecule is NCCN.[CH2-]C(C)O.[CH2-]C(C)O.[CH2-]C(C)O.[CH2-]CO.[Zr+4]. The van der Waals surface area contributed by atoms with Gasteiger partial charge in [-0.25, -0.2) is 0 Å². The number of rotatable bonds is 1. The van der Waals surface area contributed by atoms with Crippen LogP contribution in [0, 0.1) is 27.7 Å². The van der Waals surface area contributed by atoms with Crippen molar-refractivity contribution in [3.63, 3.8) is 0 Å². The van der Waals surface area contributed by atoms with E-state index in [2.05, 4.69) is 27.7 Å². The van der Waals surface area contributed by atoms with Gasteiger partial charge in [0, 0.05) is 13.1 Å². The number of aliphatic hydroxyl groups excluding tert-OH is 4. The Labute approximate surface area is 144 Å². The molecule has 0 amide bonds. The van der Waals surface area contributed by atoms with Crippen molar-refractivity contribution in [3.8, 4) is 0 Å². The summed E-state index contributed by atoms with van der Waals surface area (Å²) in [6.45, 7) is 18.7. The number of nitrogens with two attached hydrogens (primary N) is 2. The smallest absolute Gasteiger partial charge is 0.428 e. The van der Waals surface area contributed by atoms with Gasteiger partial charge in [0.15, 0.2) is 0 Å². The summed E-state index contributed by atoms with van der Waals surface area (Å²) in [7, 11) is 0. The standard InChI is InChI=1S/3C3H7O.C2H8N2.C2H5O.Zr/c3*1-3(2)4;3-1-2-4;1-2-3;/h3*3-4H,1H2,2H3;1-4H2;3H,1-2H2;/q3*-1;;-1;+4. The molecule has 3 atom stereocenters. The van der Waals surface area contributed by atoms with Crippen molar-refractivity contribution in [3.05, 3.63) is 27.7 Å². The van der Waals surface area contributed by atoms with Gasteiger partial charge < -0.3 is 59.6 Å². The average molecular weight is 374 g/mol. The van der Waals surface area contributed by atoms with E-state index >= 15 is 0 Å². The Kier molecular flexibility index (Phi) is 79.3. The second-order valence-corrected chi connectivity index (χ2v) is 3.35. The monoisotopic (exact) mass is 372 g/mol. The fourth-order valence-electron chi connectivity index (χ4n) is 0. The van der Waals surface area contributed by atoms with Crippen LogP contribution in [0.1, 0.15) is 20.8 Å². The molecule has 0 saturated carbocycles. The van der Waals surface area contributed by atoms with E-state index in [0.717, 1.165) is 0 Å². The molecule has 0 heterocycles. The number of aliphatic hydroxyl groups is 4. The first-order valence-corrected chi connectivity index (χ1v) is 5.86. The predicted octanol–water partition coefficient (Wildman–Crippen LogP) is -0.682. The predicted molar refractivity (Wildman–Crippen MR) is 81.7 cm³/mol. The second kappa shape index (κ2) is 42.7. The molecule has 0 radical (unpaired) electrons. The first-order chi connectivity index (χ1) is 8.52. The summed E-state index contributed by atoms with van der Waals surface area (Å²) < 4.78 is 0. The van der Waals surface area contributed by atoms with Crippen LogP contribution in [0.3, 0.4) is 0 Å². The van der Waals surface area contributed by atoms with Gasteiger partial charge in [0.1, 0.15) is 0 Å². The first kappa shape index (κ1) is 37.1. The largest absolute Gasteiger partial charge is 4.00 e.